The third-order valence-corrected chi connectivity index (χ3v) is 2.38. The Kier molecular flexibility index (Phi) is 2.37. The minimum Gasteiger partial charge on any atom is -0.504 e. The molecule has 1 aliphatic rings. The number of phenolic OH excluding ortho intramolecular Hbond substituents is 1. The molecule has 0 radical (unpaired) electrons. The number of ether oxygens (including phenoxy) is 1. The Morgan fingerprint density at radius 2 is 2.33 bits per heavy atom. The van der Waals surface area contributed by atoms with E-state index in [-0.39, 0.29) is 17.8 Å². The highest BCUT2D eigenvalue weighted by atomic mass is 16.5. The molecule has 0 aromatic heterocycles. The minimum atomic E-state index is -0.185. The molecule has 3 N–H and O–H groups in total. The molecule has 5 heteroatoms. The maximum atomic E-state index is 10.9. The Morgan fingerprint density at radius 1 is 1.53 bits per heavy atom. The standard InChI is InChI=1S/C10H12N2O3/c1-15-9-3-2-6(4-8(9)13)7-5-11-10(14)12-7/h2-4,7,13H,5H2,1H3,(H2,11,12,14)/t7-/m0/s1. The molecule has 1 aromatic carbocycles. The smallest absolute Gasteiger partial charge is 0.315 e. The maximum absolute atomic E-state index is 10.9. The van der Waals surface area contributed by atoms with Crippen molar-refractivity contribution in [3.05, 3.63) is 23.8 Å². The number of hydrogen-bond acceptors (Lipinski definition) is 3. The van der Waals surface area contributed by atoms with Crippen LogP contribution in [-0.4, -0.2) is 24.8 Å². The summed E-state index contributed by atoms with van der Waals surface area (Å²) < 4.78 is 4.93. The van der Waals surface area contributed by atoms with Gasteiger partial charge in [0.05, 0.1) is 13.2 Å². The normalized spacial score (nSPS) is 19.5. The van der Waals surface area contributed by atoms with Crippen LogP contribution in [0.5, 0.6) is 11.5 Å². The van der Waals surface area contributed by atoms with Gasteiger partial charge >= 0.3 is 6.03 Å². The molecular formula is C10H12N2O3. The van der Waals surface area contributed by atoms with Gasteiger partial charge in [-0.25, -0.2) is 4.79 Å². The van der Waals surface area contributed by atoms with Crippen LogP contribution >= 0.6 is 0 Å². The fourth-order valence-electron chi connectivity index (χ4n) is 1.58. The molecule has 0 aliphatic carbocycles. The first-order valence-electron chi connectivity index (χ1n) is 4.62. The zero-order valence-electron chi connectivity index (χ0n) is 8.28. The molecule has 80 valence electrons. The average Bonchev–Trinajstić information content (AvgIpc) is 2.65. The Labute approximate surface area is 87.1 Å². The van der Waals surface area contributed by atoms with Crippen molar-refractivity contribution in [2.45, 2.75) is 6.04 Å². The highest BCUT2D eigenvalue weighted by Crippen LogP contribution is 2.29. The molecule has 5 nitrogen and oxygen atoms in total. The number of rotatable bonds is 2. The topological polar surface area (TPSA) is 70.6 Å². The van der Waals surface area contributed by atoms with Gasteiger partial charge in [0, 0.05) is 6.54 Å². The number of benzene rings is 1. The number of phenols is 1. The van der Waals surface area contributed by atoms with E-state index in [0.717, 1.165) is 5.56 Å². The molecular weight excluding hydrogens is 196 g/mol. The zero-order valence-corrected chi connectivity index (χ0v) is 8.28. The zero-order chi connectivity index (χ0) is 10.8. The van der Waals surface area contributed by atoms with Gasteiger partial charge in [-0.3, -0.25) is 0 Å². The van der Waals surface area contributed by atoms with Crippen molar-refractivity contribution >= 4 is 6.03 Å². The molecule has 15 heavy (non-hydrogen) atoms. The van der Waals surface area contributed by atoms with Gasteiger partial charge in [-0.15, -0.1) is 0 Å². The van der Waals surface area contributed by atoms with E-state index in [1.165, 1.54) is 7.11 Å². The van der Waals surface area contributed by atoms with E-state index in [9.17, 15) is 9.90 Å². The van der Waals surface area contributed by atoms with Crippen LogP contribution in [0.15, 0.2) is 18.2 Å². The second-order valence-electron chi connectivity index (χ2n) is 3.34. The van der Waals surface area contributed by atoms with Crippen LogP contribution in [-0.2, 0) is 0 Å². The monoisotopic (exact) mass is 208 g/mol. The van der Waals surface area contributed by atoms with E-state index in [1.54, 1.807) is 12.1 Å². The summed E-state index contributed by atoms with van der Waals surface area (Å²) in [5, 5.41) is 14.9. The molecule has 1 heterocycles. The van der Waals surface area contributed by atoms with Gasteiger partial charge in [0.1, 0.15) is 0 Å². The van der Waals surface area contributed by atoms with Gasteiger partial charge in [-0.05, 0) is 17.7 Å². The quantitative estimate of drug-likeness (QED) is 0.671. The van der Waals surface area contributed by atoms with E-state index in [2.05, 4.69) is 10.6 Å². The summed E-state index contributed by atoms with van der Waals surface area (Å²) in [6, 6.07) is 4.81. The van der Waals surface area contributed by atoms with Crippen LogP contribution < -0.4 is 15.4 Å². The summed E-state index contributed by atoms with van der Waals surface area (Å²) >= 11 is 0. The van der Waals surface area contributed by atoms with Crippen molar-refractivity contribution < 1.29 is 14.6 Å². The van der Waals surface area contributed by atoms with E-state index >= 15 is 0 Å². The highest BCUT2D eigenvalue weighted by molar-refractivity contribution is 5.77. The lowest BCUT2D eigenvalue weighted by atomic mass is 10.1. The lowest BCUT2D eigenvalue weighted by molar-refractivity contribution is 0.247. The SMILES string of the molecule is COc1ccc([C@@H]2CNC(=O)N2)cc1O. The van der Waals surface area contributed by atoms with Crippen molar-refractivity contribution in [1.29, 1.82) is 0 Å². The number of hydrogen-bond donors (Lipinski definition) is 3. The van der Waals surface area contributed by atoms with Crippen molar-refractivity contribution in [3.63, 3.8) is 0 Å². The predicted octanol–water partition coefficient (Wildman–Crippen LogP) is 0.755. The molecule has 1 aromatic rings. The number of urea groups is 1. The van der Waals surface area contributed by atoms with Gasteiger partial charge in [-0.1, -0.05) is 6.07 Å². The Balaban J connectivity index is 2.22. The number of methoxy groups -OCH3 is 1. The molecule has 1 fully saturated rings. The first-order valence-corrected chi connectivity index (χ1v) is 4.62. The van der Waals surface area contributed by atoms with Gasteiger partial charge in [0.2, 0.25) is 0 Å². The molecule has 2 amide bonds. The molecule has 0 bridgehead atoms. The number of carbonyl (C=O) groups is 1. The molecule has 0 saturated carbocycles. The maximum Gasteiger partial charge on any atom is 0.315 e. The van der Waals surface area contributed by atoms with E-state index in [4.69, 9.17) is 4.74 Å². The summed E-state index contributed by atoms with van der Waals surface area (Å²) in [6.07, 6.45) is 0. The molecule has 2 rings (SSSR count). The van der Waals surface area contributed by atoms with Crippen molar-refractivity contribution in [3.8, 4) is 11.5 Å². The number of carbonyl (C=O) groups excluding carboxylic acids is 1. The van der Waals surface area contributed by atoms with E-state index in [1.807, 2.05) is 6.07 Å². The predicted molar refractivity (Wildman–Crippen MR) is 53.9 cm³/mol. The third kappa shape index (κ3) is 1.81. The second-order valence-corrected chi connectivity index (χ2v) is 3.34. The summed E-state index contributed by atoms with van der Waals surface area (Å²) in [7, 11) is 1.49. The second kappa shape index (κ2) is 3.68. The summed E-state index contributed by atoms with van der Waals surface area (Å²) in [6.45, 7) is 0.532. The number of nitrogens with one attached hydrogen (secondary N) is 2. The Bertz CT molecular complexity index is 392. The van der Waals surface area contributed by atoms with Gasteiger partial charge < -0.3 is 20.5 Å². The first-order chi connectivity index (χ1) is 7.20. The fraction of sp³-hybridized carbons (Fsp3) is 0.300. The van der Waals surface area contributed by atoms with Crippen LogP contribution in [0.2, 0.25) is 0 Å². The van der Waals surface area contributed by atoms with Crippen LogP contribution in [0.4, 0.5) is 4.79 Å². The summed E-state index contributed by atoms with van der Waals surface area (Å²) in [4.78, 5) is 10.9. The van der Waals surface area contributed by atoms with Gasteiger partial charge in [0.15, 0.2) is 11.5 Å². The number of aromatic hydroxyl groups is 1. The highest BCUT2D eigenvalue weighted by Gasteiger charge is 2.22. The van der Waals surface area contributed by atoms with Crippen LogP contribution in [0, 0.1) is 0 Å². The first kappa shape index (κ1) is 9.64. The summed E-state index contributed by atoms with van der Waals surface area (Å²) in [5.74, 6) is 0.507. The van der Waals surface area contributed by atoms with Crippen LogP contribution in [0.3, 0.4) is 0 Å². The Hall–Kier alpha value is -1.91. The van der Waals surface area contributed by atoms with Crippen molar-refractivity contribution in [2.24, 2.45) is 0 Å². The van der Waals surface area contributed by atoms with Crippen LogP contribution in [0.25, 0.3) is 0 Å². The van der Waals surface area contributed by atoms with Crippen molar-refractivity contribution in [2.75, 3.05) is 13.7 Å². The summed E-state index contributed by atoms with van der Waals surface area (Å²) in [5.41, 5.74) is 0.853. The third-order valence-electron chi connectivity index (χ3n) is 2.38. The Morgan fingerprint density at radius 3 is 2.87 bits per heavy atom. The van der Waals surface area contributed by atoms with E-state index < -0.39 is 0 Å². The number of amides is 2. The van der Waals surface area contributed by atoms with E-state index in [0.29, 0.717) is 12.3 Å². The lowest BCUT2D eigenvalue weighted by Crippen LogP contribution is -2.21. The van der Waals surface area contributed by atoms with Gasteiger partial charge in [0.25, 0.3) is 0 Å². The fourth-order valence-corrected chi connectivity index (χ4v) is 1.58. The molecule has 1 atom stereocenters. The largest absolute Gasteiger partial charge is 0.504 e. The molecule has 1 saturated heterocycles. The molecule has 1 aliphatic heterocycles. The van der Waals surface area contributed by atoms with Gasteiger partial charge in [-0.2, -0.15) is 0 Å². The molecule has 0 spiro atoms. The van der Waals surface area contributed by atoms with Crippen LogP contribution in [0.1, 0.15) is 11.6 Å². The minimum absolute atomic E-state index is 0.0798. The molecule has 0 unspecified atom stereocenters. The lowest BCUT2D eigenvalue weighted by Gasteiger charge is -2.10. The average molecular weight is 208 g/mol. The van der Waals surface area contributed by atoms with Crippen molar-refractivity contribution in [1.82, 2.24) is 10.6 Å².